The van der Waals surface area contributed by atoms with E-state index in [0.717, 1.165) is 60.2 Å². The van der Waals surface area contributed by atoms with Gasteiger partial charge >= 0.3 is 0 Å². The molecule has 5 nitrogen and oxygen atoms in total. The molecule has 0 amide bonds. The number of aromatic amines is 1. The third-order valence-corrected chi connectivity index (χ3v) is 4.32. The SMILES string of the molecule is Cc1nccn1CCCN(C)CCc1nc2ccc(Cl)cc2[nH]1. The maximum Gasteiger partial charge on any atom is 0.108 e. The van der Waals surface area contributed by atoms with E-state index in [1.807, 2.05) is 37.5 Å². The smallest absolute Gasteiger partial charge is 0.108 e. The van der Waals surface area contributed by atoms with Gasteiger partial charge in [-0.2, -0.15) is 0 Å². The van der Waals surface area contributed by atoms with Crippen LogP contribution in [0.15, 0.2) is 30.6 Å². The fraction of sp³-hybridized carbons (Fsp3) is 0.412. The second-order valence-corrected chi connectivity index (χ2v) is 6.36. The molecule has 0 spiro atoms. The lowest BCUT2D eigenvalue weighted by atomic mass is 10.3. The number of H-pyrrole nitrogens is 1. The number of fused-ring (bicyclic) bond motifs is 1. The molecule has 0 bridgehead atoms. The highest BCUT2D eigenvalue weighted by atomic mass is 35.5. The topological polar surface area (TPSA) is 49.7 Å². The first kappa shape index (κ1) is 16.0. The van der Waals surface area contributed by atoms with Crippen molar-refractivity contribution in [2.45, 2.75) is 26.3 Å². The van der Waals surface area contributed by atoms with Crippen molar-refractivity contribution in [3.8, 4) is 0 Å². The Hall–Kier alpha value is -1.85. The Morgan fingerprint density at radius 3 is 2.96 bits per heavy atom. The Labute approximate surface area is 141 Å². The van der Waals surface area contributed by atoms with E-state index in [4.69, 9.17) is 11.6 Å². The molecule has 3 rings (SSSR count). The number of aryl methyl sites for hydroxylation is 2. The molecule has 2 heterocycles. The highest BCUT2D eigenvalue weighted by Crippen LogP contribution is 2.17. The molecule has 23 heavy (non-hydrogen) atoms. The molecular formula is C17H22ClN5. The van der Waals surface area contributed by atoms with Crippen molar-refractivity contribution >= 4 is 22.6 Å². The predicted octanol–water partition coefficient (Wildman–Crippen LogP) is 3.29. The van der Waals surface area contributed by atoms with Gasteiger partial charge in [0.25, 0.3) is 0 Å². The van der Waals surface area contributed by atoms with Crippen LogP contribution in [-0.4, -0.2) is 44.6 Å². The first-order chi connectivity index (χ1) is 11.1. The third-order valence-electron chi connectivity index (χ3n) is 4.09. The van der Waals surface area contributed by atoms with Crippen LogP contribution in [0.4, 0.5) is 0 Å². The van der Waals surface area contributed by atoms with Gasteiger partial charge in [-0.3, -0.25) is 0 Å². The van der Waals surface area contributed by atoms with Gasteiger partial charge < -0.3 is 14.5 Å². The van der Waals surface area contributed by atoms with E-state index >= 15 is 0 Å². The van der Waals surface area contributed by atoms with Crippen molar-refractivity contribution in [1.82, 2.24) is 24.4 Å². The fourth-order valence-electron chi connectivity index (χ4n) is 2.71. The maximum atomic E-state index is 6.00. The minimum Gasteiger partial charge on any atom is -0.342 e. The molecule has 0 saturated carbocycles. The first-order valence-corrected chi connectivity index (χ1v) is 8.30. The van der Waals surface area contributed by atoms with Gasteiger partial charge in [-0.15, -0.1) is 0 Å². The molecule has 0 unspecified atom stereocenters. The van der Waals surface area contributed by atoms with E-state index in [2.05, 4.69) is 31.5 Å². The van der Waals surface area contributed by atoms with Crippen LogP contribution in [0.5, 0.6) is 0 Å². The molecule has 0 atom stereocenters. The second kappa shape index (κ2) is 7.15. The zero-order valence-corrected chi connectivity index (χ0v) is 14.3. The van der Waals surface area contributed by atoms with Crippen LogP contribution in [-0.2, 0) is 13.0 Å². The van der Waals surface area contributed by atoms with Crippen molar-refractivity contribution in [2.24, 2.45) is 0 Å². The van der Waals surface area contributed by atoms with Crippen LogP contribution in [0, 0.1) is 6.92 Å². The van der Waals surface area contributed by atoms with Crippen molar-refractivity contribution in [3.63, 3.8) is 0 Å². The number of hydrogen-bond donors (Lipinski definition) is 1. The largest absolute Gasteiger partial charge is 0.342 e. The minimum absolute atomic E-state index is 0.736. The number of imidazole rings is 2. The van der Waals surface area contributed by atoms with Gasteiger partial charge in [0, 0.05) is 36.9 Å². The molecule has 0 aliphatic heterocycles. The van der Waals surface area contributed by atoms with Gasteiger partial charge in [-0.05, 0) is 45.1 Å². The molecule has 2 aromatic heterocycles. The van der Waals surface area contributed by atoms with E-state index in [9.17, 15) is 0 Å². The van der Waals surface area contributed by atoms with Gasteiger partial charge in [0.15, 0.2) is 0 Å². The number of aromatic nitrogens is 4. The fourth-order valence-corrected chi connectivity index (χ4v) is 2.88. The summed E-state index contributed by atoms with van der Waals surface area (Å²) in [4.78, 5) is 14.5. The Kier molecular flexibility index (Phi) is 4.98. The zero-order valence-electron chi connectivity index (χ0n) is 13.6. The van der Waals surface area contributed by atoms with Crippen LogP contribution in [0.2, 0.25) is 5.02 Å². The number of hydrogen-bond acceptors (Lipinski definition) is 3. The number of rotatable bonds is 7. The first-order valence-electron chi connectivity index (χ1n) is 7.92. The van der Waals surface area contributed by atoms with Crippen LogP contribution in [0.25, 0.3) is 11.0 Å². The standard InChI is InChI=1S/C17H22ClN5/c1-13-19-7-11-23(13)9-3-8-22(2)10-6-17-20-15-5-4-14(18)12-16(15)21-17/h4-5,7,11-12H,3,6,8-10H2,1-2H3,(H,20,21). The van der Waals surface area contributed by atoms with Gasteiger partial charge in [0.1, 0.15) is 11.6 Å². The Morgan fingerprint density at radius 1 is 1.30 bits per heavy atom. The van der Waals surface area contributed by atoms with E-state index < -0.39 is 0 Å². The predicted molar refractivity (Wildman–Crippen MR) is 93.9 cm³/mol. The molecule has 0 aliphatic carbocycles. The van der Waals surface area contributed by atoms with Crippen LogP contribution < -0.4 is 0 Å². The normalized spacial score (nSPS) is 11.7. The highest BCUT2D eigenvalue weighted by Gasteiger charge is 2.05. The summed E-state index contributed by atoms with van der Waals surface area (Å²) in [6.45, 7) is 5.09. The summed E-state index contributed by atoms with van der Waals surface area (Å²) < 4.78 is 2.19. The second-order valence-electron chi connectivity index (χ2n) is 5.92. The van der Waals surface area contributed by atoms with E-state index in [1.54, 1.807) is 0 Å². The monoisotopic (exact) mass is 331 g/mol. The van der Waals surface area contributed by atoms with Crippen molar-refractivity contribution in [1.29, 1.82) is 0 Å². The molecule has 0 radical (unpaired) electrons. The Bertz CT molecular complexity index is 776. The van der Waals surface area contributed by atoms with Crippen molar-refractivity contribution in [3.05, 3.63) is 47.3 Å². The van der Waals surface area contributed by atoms with Crippen molar-refractivity contribution in [2.75, 3.05) is 20.1 Å². The lowest BCUT2D eigenvalue weighted by molar-refractivity contribution is 0.323. The van der Waals surface area contributed by atoms with Gasteiger partial charge in [0.05, 0.1) is 11.0 Å². The molecule has 1 aromatic carbocycles. The summed E-state index contributed by atoms with van der Waals surface area (Å²) in [5.41, 5.74) is 1.98. The summed E-state index contributed by atoms with van der Waals surface area (Å²) in [5, 5.41) is 0.736. The molecular weight excluding hydrogens is 310 g/mol. The van der Waals surface area contributed by atoms with Gasteiger partial charge in [-0.1, -0.05) is 11.6 Å². The van der Waals surface area contributed by atoms with Crippen molar-refractivity contribution < 1.29 is 0 Å². The number of likely N-dealkylation sites (N-methyl/N-ethyl adjacent to an activating group) is 1. The molecule has 1 N–H and O–H groups in total. The minimum atomic E-state index is 0.736. The number of halogens is 1. The van der Waals surface area contributed by atoms with Crippen LogP contribution in [0.1, 0.15) is 18.1 Å². The zero-order chi connectivity index (χ0) is 16.2. The molecule has 0 fully saturated rings. The summed E-state index contributed by atoms with van der Waals surface area (Å²) in [6.07, 6.45) is 5.91. The molecule has 122 valence electrons. The Balaban J connectivity index is 1.46. The lowest BCUT2D eigenvalue weighted by Crippen LogP contribution is -2.23. The summed E-state index contributed by atoms with van der Waals surface area (Å²) in [5.74, 6) is 2.09. The van der Waals surface area contributed by atoms with E-state index in [0.29, 0.717) is 0 Å². The Morgan fingerprint density at radius 2 is 2.17 bits per heavy atom. The number of nitrogens with one attached hydrogen (secondary N) is 1. The molecule has 6 heteroatoms. The maximum absolute atomic E-state index is 6.00. The van der Waals surface area contributed by atoms with Gasteiger partial charge in [-0.25, -0.2) is 9.97 Å². The van der Waals surface area contributed by atoms with E-state index in [-0.39, 0.29) is 0 Å². The quantitative estimate of drug-likeness (QED) is 0.722. The van der Waals surface area contributed by atoms with E-state index in [1.165, 1.54) is 0 Å². The van der Waals surface area contributed by atoms with Crippen LogP contribution >= 0.6 is 11.6 Å². The molecule has 3 aromatic rings. The molecule has 0 aliphatic rings. The summed E-state index contributed by atoms with van der Waals surface area (Å²) >= 11 is 6.00. The lowest BCUT2D eigenvalue weighted by Gasteiger charge is -2.16. The molecule has 0 saturated heterocycles. The van der Waals surface area contributed by atoms with Gasteiger partial charge in [0.2, 0.25) is 0 Å². The summed E-state index contributed by atoms with van der Waals surface area (Å²) in [7, 11) is 2.15. The number of nitrogens with zero attached hydrogens (tertiary/aromatic N) is 4. The highest BCUT2D eigenvalue weighted by molar-refractivity contribution is 6.31. The average Bonchev–Trinajstić information content (AvgIpc) is 3.11. The average molecular weight is 332 g/mol. The number of benzene rings is 1. The summed E-state index contributed by atoms with van der Waals surface area (Å²) in [6, 6.07) is 5.75. The third kappa shape index (κ3) is 4.12. The van der Waals surface area contributed by atoms with Crippen LogP contribution in [0.3, 0.4) is 0 Å².